The van der Waals surface area contributed by atoms with Gasteiger partial charge in [0.2, 0.25) is 0 Å². The summed E-state index contributed by atoms with van der Waals surface area (Å²) in [7, 11) is 0. The Labute approximate surface area is 156 Å². The van der Waals surface area contributed by atoms with Crippen molar-refractivity contribution >= 4 is 17.5 Å². The normalized spacial score (nSPS) is 10.4. The van der Waals surface area contributed by atoms with Gasteiger partial charge in [-0.1, -0.05) is 6.07 Å². The standard InChI is InChI=1S/C17H21N9O/c1-3-18-15-10-16(23-12(2)22-15)19-7-8-20-17(27)13-5-4-6-14(9-13)26-11-21-24-25-26/h4-6,9-11H,3,7-8H2,1-2H3,(H,20,27)(H2,18,19,22,23). The molecule has 0 aliphatic carbocycles. The van der Waals surface area contributed by atoms with Gasteiger partial charge in [-0.3, -0.25) is 4.79 Å². The van der Waals surface area contributed by atoms with Gasteiger partial charge in [-0.2, -0.15) is 0 Å². The first-order valence-corrected chi connectivity index (χ1v) is 8.61. The highest BCUT2D eigenvalue weighted by Gasteiger charge is 2.07. The van der Waals surface area contributed by atoms with Crippen LogP contribution in [0, 0.1) is 6.92 Å². The molecule has 0 saturated carbocycles. The molecule has 1 aromatic carbocycles. The van der Waals surface area contributed by atoms with Crippen LogP contribution in [0.4, 0.5) is 11.6 Å². The van der Waals surface area contributed by atoms with E-state index in [2.05, 4.69) is 41.4 Å². The van der Waals surface area contributed by atoms with Crippen LogP contribution in [0.25, 0.3) is 5.69 Å². The van der Waals surface area contributed by atoms with Crippen LogP contribution in [-0.4, -0.2) is 55.7 Å². The molecule has 0 bridgehead atoms. The quantitative estimate of drug-likeness (QED) is 0.505. The number of amides is 1. The van der Waals surface area contributed by atoms with E-state index in [0.29, 0.717) is 30.3 Å². The predicted octanol–water partition coefficient (Wildman–Crippen LogP) is 1.03. The van der Waals surface area contributed by atoms with Crippen LogP contribution < -0.4 is 16.0 Å². The summed E-state index contributed by atoms with van der Waals surface area (Å²) < 4.78 is 1.50. The molecule has 0 aliphatic heterocycles. The topological polar surface area (TPSA) is 123 Å². The van der Waals surface area contributed by atoms with Crippen molar-refractivity contribution in [3.05, 3.63) is 48.0 Å². The fraction of sp³-hybridized carbons (Fsp3) is 0.294. The maximum Gasteiger partial charge on any atom is 0.251 e. The Hall–Kier alpha value is -3.56. The Kier molecular flexibility index (Phi) is 5.87. The fourth-order valence-corrected chi connectivity index (χ4v) is 2.47. The predicted molar refractivity (Wildman–Crippen MR) is 101 cm³/mol. The minimum Gasteiger partial charge on any atom is -0.370 e. The van der Waals surface area contributed by atoms with E-state index >= 15 is 0 Å². The van der Waals surface area contributed by atoms with Gasteiger partial charge >= 0.3 is 0 Å². The van der Waals surface area contributed by atoms with Gasteiger partial charge in [0.25, 0.3) is 5.91 Å². The number of carbonyl (C=O) groups is 1. The number of hydrogen-bond donors (Lipinski definition) is 3. The first-order chi connectivity index (χ1) is 13.2. The third kappa shape index (κ3) is 4.97. The van der Waals surface area contributed by atoms with Crippen LogP contribution >= 0.6 is 0 Å². The molecule has 10 heteroatoms. The van der Waals surface area contributed by atoms with Gasteiger partial charge in [0, 0.05) is 31.3 Å². The Bertz CT molecular complexity index is 895. The second-order valence-electron chi connectivity index (χ2n) is 5.70. The van der Waals surface area contributed by atoms with Crippen molar-refractivity contribution in [2.75, 3.05) is 30.3 Å². The number of benzene rings is 1. The molecule has 0 saturated heterocycles. The van der Waals surface area contributed by atoms with Crippen LogP contribution in [0.15, 0.2) is 36.7 Å². The molecule has 10 nitrogen and oxygen atoms in total. The number of nitrogens with one attached hydrogen (secondary N) is 3. The molecule has 3 rings (SSSR count). The lowest BCUT2D eigenvalue weighted by molar-refractivity contribution is 0.0955. The van der Waals surface area contributed by atoms with Crippen molar-refractivity contribution in [2.45, 2.75) is 13.8 Å². The summed E-state index contributed by atoms with van der Waals surface area (Å²) in [6.07, 6.45) is 1.48. The summed E-state index contributed by atoms with van der Waals surface area (Å²) in [5.41, 5.74) is 1.26. The average molecular weight is 367 g/mol. The SMILES string of the molecule is CCNc1cc(NCCNC(=O)c2cccc(-n3cnnn3)c2)nc(C)n1. The third-order valence-corrected chi connectivity index (χ3v) is 3.63. The van der Waals surface area contributed by atoms with Gasteiger partial charge in [-0.15, -0.1) is 5.10 Å². The molecule has 0 radical (unpaired) electrons. The highest BCUT2D eigenvalue weighted by atomic mass is 16.1. The average Bonchev–Trinajstić information content (AvgIpc) is 3.20. The van der Waals surface area contributed by atoms with Gasteiger partial charge in [-0.05, 0) is 42.5 Å². The molecule has 0 fully saturated rings. The maximum absolute atomic E-state index is 12.3. The second kappa shape index (κ2) is 8.70. The third-order valence-electron chi connectivity index (χ3n) is 3.63. The van der Waals surface area contributed by atoms with E-state index in [4.69, 9.17) is 0 Å². The lowest BCUT2D eigenvalue weighted by Crippen LogP contribution is -2.29. The molecule has 140 valence electrons. The molecule has 0 unspecified atom stereocenters. The van der Waals surface area contributed by atoms with Crippen molar-refractivity contribution in [1.29, 1.82) is 0 Å². The molecule has 3 N–H and O–H groups in total. The van der Waals surface area contributed by atoms with Crippen molar-refractivity contribution in [1.82, 2.24) is 35.5 Å². The van der Waals surface area contributed by atoms with Crippen LogP contribution in [0.2, 0.25) is 0 Å². The molecule has 27 heavy (non-hydrogen) atoms. The smallest absolute Gasteiger partial charge is 0.251 e. The van der Waals surface area contributed by atoms with Crippen LogP contribution in [0.3, 0.4) is 0 Å². The molecular weight excluding hydrogens is 346 g/mol. The van der Waals surface area contributed by atoms with Gasteiger partial charge in [0.15, 0.2) is 0 Å². The molecule has 0 atom stereocenters. The number of hydrogen-bond acceptors (Lipinski definition) is 8. The van der Waals surface area contributed by atoms with E-state index in [1.807, 2.05) is 26.0 Å². The van der Waals surface area contributed by atoms with E-state index in [1.54, 1.807) is 18.2 Å². The van der Waals surface area contributed by atoms with Crippen molar-refractivity contribution < 1.29 is 4.79 Å². The summed E-state index contributed by atoms with van der Waals surface area (Å²) in [6, 6.07) is 8.93. The number of aromatic nitrogens is 6. The Morgan fingerprint density at radius 1 is 1.11 bits per heavy atom. The molecule has 1 amide bonds. The van der Waals surface area contributed by atoms with Gasteiger partial charge in [0.05, 0.1) is 5.69 Å². The summed E-state index contributed by atoms with van der Waals surface area (Å²) in [6.45, 7) is 5.63. The summed E-state index contributed by atoms with van der Waals surface area (Å²) in [4.78, 5) is 21.0. The number of anilines is 2. The van der Waals surface area contributed by atoms with Crippen molar-refractivity contribution in [3.63, 3.8) is 0 Å². The number of rotatable bonds is 8. The van der Waals surface area contributed by atoms with Crippen molar-refractivity contribution in [2.24, 2.45) is 0 Å². The number of nitrogens with zero attached hydrogens (tertiary/aromatic N) is 6. The zero-order chi connectivity index (χ0) is 19.1. The molecule has 3 aromatic rings. The maximum atomic E-state index is 12.3. The molecule has 2 heterocycles. The fourth-order valence-electron chi connectivity index (χ4n) is 2.47. The summed E-state index contributed by atoms with van der Waals surface area (Å²) in [5.74, 6) is 2.00. The van der Waals surface area contributed by atoms with E-state index in [0.717, 1.165) is 18.1 Å². The van der Waals surface area contributed by atoms with Crippen molar-refractivity contribution in [3.8, 4) is 5.69 Å². The molecule has 0 spiro atoms. The Morgan fingerprint density at radius 3 is 2.67 bits per heavy atom. The molecular formula is C17H21N9O. The Balaban J connectivity index is 1.52. The minimum atomic E-state index is -0.168. The van der Waals surface area contributed by atoms with E-state index in [-0.39, 0.29) is 5.91 Å². The van der Waals surface area contributed by atoms with E-state index < -0.39 is 0 Å². The second-order valence-corrected chi connectivity index (χ2v) is 5.70. The minimum absolute atomic E-state index is 0.168. The molecule has 2 aromatic heterocycles. The van der Waals surface area contributed by atoms with E-state index in [1.165, 1.54) is 11.0 Å². The number of tetrazole rings is 1. The lowest BCUT2D eigenvalue weighted by Gasteiger charge is -2.10. The monoisotopic (exact) mass is 367 g/mol. The van der Waals surface area contributed by atoms with Crippen LogP contribution in [0.5, 0.6) is 0 Å². The highest BCUT2D eigenvalue weighted by Crippen LogP contribution is 2.11. The highest BCUT2D eigenvalue weighted by molar-refractivity contribution is 5.94. The lowest BCUT2D eigenvalue weighted by atomic mass is 10.2. The van der Waals surface area contributed by atoms with Gasteiger partial charge in [0.1, 0.15) is 23.8 Å². The molecule has 0 aliphatic rings. The zero-order valence-electron chi connectivity index (χ0n) is 15.2. The summed E-state index contributed by atoms with van der Waals surface area (Å²) >= 11 is 0. The summed E-state index contributed by atoms with van der Waals surface area (Å²) in [5, 5.41) is 20.2. The number of carbonyl (C=O) groups excluding carboxylic acids is 1. The Morgan fingerprint density at radius 2 is 1.93 bits per heavy atom. The van der Waals surface area contributed by atoms with Gasteiger partial charge in [-0.25, -0.2) is 14.6 Å². The van der Waals surface area contributed by atoms with Crippen LogP contribution in [0.1, 0.15) is 23.1 Å². The zero-order valence-corrected chi connectivity index (χ0v) is 15.2. The number of aryl methyl sites for hydroxylation is 1. The van der Waals surface area contributed by atoms with Crippen LogP contribution in [-0.2, 0) is 0 Å². The van der Waals surface area contributed by atoms with E-state index in [9.17, 15) is 4.79 Å². The first kappa shape index (κ1) is 18.2. The largest absolute Gasteiger partial charge is 0.370 e. The first-order valence-electron chi connectivity index (χ1n) is 8.61. The van der Waals surface area contributed by atoms with Gasteiger partial charge < -0.3 is 16.0 Å².